The number of hydrogen-bond acceptors (Lipinski definition) is 2. The minimum absolute atomic E-state index is 0.294. The zero-order valence-corrected chi connectivity index (χ0v) is 9.42. The fourth-order valence-electron chi connectivity index (χ4n) is 0.987. The molecule has 76 valence electrons. The van der Waals surface area contributed by atoms with Gasteiger partial charge >= 0.3 is 0 Å². The quantitative estimate of drug-likeness (QED) is 0.659. The van der Waals surface area contributed by atoms with Gasteiger partial charge in [0.05, 0.1) is 0 Å². The van der Waals surface area contributed by atoms with E-state index in [0.29, 0.717) is 6.54 Å². The Morgan fingerprint density at radius 3 is 2.86 bits per heavy atom. The molecule has 0 bridgehead atoms. The van der Waals surface area contributed by atoms with Gasteiger partial charge in [-0.25, -0.2) is 4.39 Å². The normalized spacial score (nSPS) is 9.86. The van der Waals surface area contributed by atoms with E-state index in [4.69, 9.17) is 0 Å². The standard InChI is InChI=1S/C9H9FINO2/c10-6-2-1-3-7(13)8(6)9(14)12-5-4-11/h1-3,13H,4-5H2,(H,12,14). The summed E-state index contributed by atoms with van der Waals surface area (Å²) in [5, 5.41) is 11.7. The van der Waals surface area contributed by atoms with Crippen molar-refractivity contribution in [3.8, 4) is 5.75 Å². The van der Waals surface area contributed by atoms with Gasteiger partial charge in [-0.2, -0.15) is 0 Å². The van der Waals surface area contributed by atoms with Crippen LogP contribution in [0.2, 0.25) is 0 Å². The summed E-state index contributed by atoms with van der Waals surface area (Å²) < 4.78 is 13.8. The van der Waals surface area contributed by atoms with Crippen LogP contribution in [0.15, 0.2) is 18.2 Å². The van der Waals surface area contributed by atoms with E-state index in [1.807, 2.05) is 0 Å². The maximum atomic E-state index is 13.1. The second-order valence-corrected chi connectivity index (χ2v) is 3.66. The monoisotopic (exact) mass is 309 g/mol. The Balaban J connectivity index is 2.89. The molecule has 0 aliphatic heterocycles. The number of nitrogens with one attached hydrogen (secondary N) is 1. The number of amides is 1. The van der Waals surface area contributed by atoms with Crippen LogP contribution in [0.1, 0.15) is 10.4 Å². The molecule has 0 saturated heterocycles. The largest absolute Gasteiger partial charge is 0.507 e. The zero-order chi connectivity index (χ0) is 10.6. The van der Waals surface area contributed by atoms with Crippen molar-refractivity contribution in [2.75, 3.05) is 11.0 Å². The van der Waals surface area contributed by atoms with Crippen molar-refractivity contribution in [2.45, 2.75) is 0 Å². The zero-order valence-electron chi connectivity index (χ0n) is 7.26. The fourth-order valence-corrected chi connectivity index (χ4v) is 1.26. The van der Waals surface area contributed by atoms with E-state index in [0.717, 1.165) is 10.5 Å². The van der Waals surface area contributed by atoms with Gasteiger partial charge < -0.3 is 10.4 Å². The lowest BCUT2D eigenvalue weighted by Crippen LogP contribution is -2.26. The molecule has 0 spiro atoms. The van der Waals surface area contributed by atoms with Crippen LogP contribution in [0.4, 0.5) is 4.39 Å². The maximum Gasteiger partial charge on any atom is 0.258 e. The summed E-state index contributed by atoms with van der Waals surface area (Å²) in [6.45, 7) is 0.452. The van der Waals surface area contributed by atoms with E-state index < -0.39 is 11.7 Å². The van der Waals surface area contributed by atoms with Crippen molar-refractivity contribution in [3.05, 3.63) is 29.6 Å². The molecular weight excluding hydrogens is 300 g/mol. The third-order valence-corrected chi connectivity index (χ3v) is 2.14. The third-order valence-electron chi connectivity index (χ3n) is 1.60. The van der Waals surface area contributed by atoms with Crippen molar-refractivity contribution in [3.63, 3.8) is 0 Å². The minimum atomic E-state index is -0.712. The molecule has 1 aromatic rings. The van der Waals surface area contributed by atoms with Gasteiger partial charge in [-0.3, -0.25) is 4.79 Å². The molecule has 1 rings (SSSR count). The molecule has 0 radical (unpaired) electrons. The number of alkyl halides is 1. The number of benzene rings is 1. The van der Waals surface area contributed by atoms with Crippen molar-refractivity contribution in [1.82, 2.24) is 5.32 Å². The molecule has 0 aliphatic carbocycles. The number of phenols is 1. The summed E-state index contributed by atoms with van der Waals surface area (Å²) in [5.74, 6) is -1.64. The Morgan fingerprint density at radius 1 is 1.57 bits per heavy atom. The molecule has 0 aliphatic rings. The van der Waals surface area contributed by atoms with Crippen LogP contribution in [0.3, 0.4) is 0 Å². The summed E-state index contributed by atoms with van der Waals surface area (Å²) in [6, 6.07) is 3.76. The molecule has 0 saturated carbocycles. The summed E-state index contributed by atoms with van der Waals surface area (Å²) in [5.41, 5.74) is -0.294. The van der Waals surface area contributed by atoms with Gasteiger partial charge in [0, 0.05) is 11.0 Å². The van der Waals surface area contributed by atoms with Gasteiger partial charge in [0.15, 0.2) is 0 Å². The number of aromatic hydroxyl groups is 1. The van der Waals surface area contributed by atoms with Crippen LogP contribution in [0, 0.1) is 5.82 Å². The number of carbonyl (C=O) groups is 1. The number of hydrogen-bond donors (Lipinski definition) is 2. The van der Waals surface area contributed by atoms with Crippen LogP contribution in [0.25, 0.3) is 0 Å². The van der Waals surface area contributed by atoms with E-state index in [9.17, 15) is 14.3 Å². The van der Waals surface area contributed by atoms with E-state index in [-0.39, 0.29) is 11.3 Å². The van der Waals surface area contributed by atoms with E-state index in [1.54, 1.807) is 0 Å². The molecule has 0 aromatic heterocycles. The predicted octanol–water partition coefficient (Wildman–Crippen LogP) is 1.70. The summed E-state index contributed by atoms with van der Waals surface area (Å²) >= 11 is 2.09. The minimum Gasteiger partial charge on any atom is -0.507 e. The van der Waals surface area contributed by atoms with Crippen molar-refractivity contribution in [2.24, 2.45) is 0 Å². The average molecular weight is 309 g/mol. The second kappa shape index (κ2) is 5.14. The van der Waals surface area contributed by atoms with Gasteiger partial charge in [-0.15, -0.1) is 0 Å². The fraction of sp³-hybridized carbons (Fsp3) is 0.222. The maximum absolute atomic E-state index is 13.1. The highest BCUT2D eigenvalue weighted by atomic mass is 127. The first-order chi connectivity index (χ1) is 6.66. The SMILES string of the molecule is O=C(NCCI)c1c(O)cccc1F. The molecular formula is C9H9FINO2. The number of rotatable bonds is 3. The molecule has 0 unspecified atom stereocenters. The molecule has 2 N–H and O–H groups in total. The second-order valence-electron chi connectivity index (χ2n) is 2.58. The van der Waals surface area contributed by atoms with Crippen molar-refractivity contribution in [1.29, 1.82) is 0 Å². The third kappa shape index (κ3) is 2.57. The first-order valence-electron chi connectivity index (χ1n) is 3.98. The Morgan fingerprint density at radius 2 is 2.29 bits per heavy atom. The smallest absolute Gasteiger partial charge is 0.258 e. The van der Waals surface area contributed by atoms with Crippen molar-refractivity contribution < 1.29 is 14.3 Å². The van der Waals surface area contributed by atoms with Crippen molar-refractivity contribution >= 4 is 28.5 Å². The lowest BCUT2D eigenvalue weighted by molar-refractivity contribution is 0.0949. The predicted molar refractivity (Wildman–Crippen MR) is 59.3 cm³/mol. The summed E-state index contributed by atoms with van der Waals surface area (Å²) in [6.07, 6.45) is 0. The molecule has 1 amide bonds. The molecule has 3 nitrogen and oxygen atoms in total. The van der Waals surface area contributed by atoms with Gasteiger partial charge in [0.2, 0.25) is 0 Å². The molecule has 14 heavy (non-hydrogen) atoms. The first kappa shape index (κ1) is 11.2. The van der Waals surface area contributed by atoms with Gasteiger partial charge in [0.1, 0.15) is 17.1 Å². The Labute approximate surface area is 94.5 Å². The number of phenolic OH excluding ortho intramolecular Hbond substituents is 1. The topological polar surface area (TPSA) is 49.3 Å². The molecule has 0 fully saturated rings. The molecule has 1 aromatic carbocycles. The van der Waals surface area contributed by atoms with Crippen LogP contribution >= 0.6 is 22.6 Å². The number of carbonyl (C=O) groups excluding carboxylic acids is 1. The van der Waals surface area contributed by atoms with Crippen LogP contribution in [-0.2, 0) is 0 Å². The summed E-state index contributed by atoms with van der Waals surface area (Å²) in [7, 11) is 0. The lowest BCUT2D eigenvalue weighted by Gasteiger charge is -2.05. The van der Waals surface area contributed by atoms with E-state index in [2.05, 4.69) is 27.9 Å². The van der Waals surface area contributed by atoms with E-state index >= 15 is 0 Å². The highest BCUT2D eigenvalue weighted by Crippen LogP contribution is 2.19. The van der Waals surface area contributed by atoms with Crippen LogP contribution in [-0.4, -0.2) is 22.0 Å². The van der Waals surface area contributed by atoms with Crippen LogP contribution in [0.5, 0.6) is 5.75 Å². The number of halogens is 2. The Bertz CT molecular complexity index is 323. The first-order valence-corrected chi connectivity index (χ1v) is 5.51. The molecule has 5 heteroatoms. The summed E-state index contributed by atoms with van der Waals surface area (Å²) in [4.78, 5) is 11.3. The van der Waals surface area contributed by atoms with Gasteiger partial charge in [0.25, 0.3) is 5.91 Å². The highest BCUT2D eigenvalue weighted by Gasteiger charge is 2.15. The van der Waals surface area contributed by atoms with Gasteiger partial charge in [-0.05, 0) is 12.1 Å². The Hall–Kier alpha value is -0.850. The highest BCUT2D eigenvalue weighted by molar-refractivity contribution is 14.1. The van der Waals surface area contributed by atoms with E-state index in [1.165, 1.54) is 12.1 Å². The Kier molecular flexibility index (Phi) is 4.12. The lowest BCUT2D eigenvalue weighted by atomic mass is 10.2. The van der Waals surface area contributed by atoms with Crippen LogP contribution < -0.4 is 5.32 Å². The molecule has 0 atom stereocenters. The van der Waals surface area contributed by atoms with Gasteiger partial charge in [-0.1, -0.05) is 28.7 Å². The molecule has 0 heterocycles. The average Bonchev–Trinajstić information content (AvgIpc) is 2.14.